The second-order valence-corrected chi connectivity index (χ2v) is 7.90. The number of likely N-dealkylation sites (tertiary alicyclic amines) is 1. The van der Waals surface area contributed by atoms with Crippen LogP contribution in [0, 0.1) is 0 Å². The Bertz CT molecular complexity index is 367. The molecule has 1 amide bonds. The fourth-order valence-corrected chi connectivity index (χ4v) is 3.84. The normalized spacial score (nSPS) is 17.5. The van der Waals surface area contributed by atoms with Gasteiger partial charge in [-0.05, 0) is 44.9 Å². The summed E-state index contributed by atoms with van der Waals surface area (Å²) >= 11 is 0. The van der Waals surface area contributed by atoms with E-state index in [0.717, 1.165) is 32.2 Å². The molecule has 0 saturated carbocycles. The summed E-state index contributed by atoms with van der Waals surface area (Å²) in [4.78, 5) is 14.1. The Morgan fingerprint density at radius 3 is 2.12 bits per heavy atom. The average Bonchev–Trinajstić information content (AvgIpc) is 3.13. The molecule has 1 rings (SSSR count). The minimum Gasteiger partial charge on any atom is -0.394 e. The molecule has 3 heteroatoms. The second-order valence-electron chi connectivity index (χ2n) is 7.90. The zero-order valence-electron chi connectivity index (χ0n) is 17.3. The SMILES string of the molecule is CCCCCCCCC=CCCCCCCCC(=O)N1CCC[C@@H]1CO. The molecule has 1 atom stereocenters. The van der Waals surface area contributed by atoms with Crippen molar-refractivity contribution < 1.29 is 9.90 Å². The molecule has 0 spiro atoms. The molecule has 3 nitrogen and oxygen atoms in total. The molecule has 1 aliphatic rings. The van der Waals surface area contributed by atoms with Crippen molar-refractivity contribution in [3.8, 4) is 0 Å². The van der Waals surface area contributed by atoms with Gasteiger partial charge in [-0.25, -0.2) is 0 Å². The van der Waals surface area contributed by atoms with Crippen LogP contribution in [0.2, 0.25) is 0 Å². The molecular formula is C23H43NO2. The van der Waals surface area contributed by atoms with Crippen molar-refractivity contribution in [2.75, 3.05) is 13.2 Å². The van der Waals surface area contributed by atoms with Crippen molar-refractivity contribution in [1.29, 1.82) is 0 Å². The van der Waals surface area contributed by atoms with Crippen LogP contribution in [0.15, 0.2) is 12.2 Å². The Hall–Kier alpha value is -0.830. The molecule has 0 radical (unpaired) electrons. The summed E-state index contributed by atoms with van der Waals surface area (Å²) in [6.45, 7) is 3.23. The van der Waals surface area contributed by atoms with Gasteiger partial charge >= 0.3 is 0 Å². The fourth-order valence-electron chi connectivity index (χ4n) is 3.84. The quantitative estimate of drug-likeness (QED) is 0.269. The van der Waals surface area contributed by atoms with Gasteiger partial charge in [0.1, 0.15) is 0 Å². The predicted molar refractivity (Wildman–Crippen MR) is 111 cm³/mol. The molecule has 1 fully saturated rings. The largest absolute Gasteiger partial charge is 0.394 e. The minimum absolute atomic E-state index is 0.0885. The lowest BCUT2D eigenvalue weighted by atomic mass is 10.1. The molecule has 1 N–H and O–H groups in total. The number of hydrogen-bond donors (Lipinski definition) is 1. The first-order valence-electron chi connectivity index (χ1n) is 11.3. The van der Waals surface area contributed by atoms with E-state index in [1.54, 1.807) is 0 Å². The van der Waals surface area contributed by atoms with Gasteiger partial charge in [-0.2, -0.15) is 0 Å². The van der Waals surface area contributed by atoms with Gasteiger partial charge in [0.25, 0.3) is 0 Å². The van der Waals surface area contributed by atoms with Gasteiger partial charge < -0.3 is 10.0 Å². The molecule has 0 aromatic rings. The van der Waals surface area contributed by atoms with Gasteiger partial charge in [0, 0.05) is 13.0 Å². The van der Waals surface area contributed by atoms with Crippen molar-refractivity contribution in [1.82, 2.24) is 4.90 Å². The number of carbonyl (C=O) groups is 1. The van der Waals surface area contributed by atoms with E-state index in [0.29, 0.717) is 6.42 Å². The minimum atomic E-state index is 0.0885. The van der Waals surface area contributed by atoms with Crippen LogP contribution in [0.25, 0.3) is 0 Å². The monoisotopic (exact) mass is 365 g/mol. The predicted octanol–water partition coefficient (Wildman–Crippen LogP) is 6.01. The van der Waals surface area contributed by atoms with E-state index < -0.39 is 0 Å². The van der Waals surface area contributed by atoms with E-state index in [1.165, 1.54) is 70.6 Å². The highest BCUT2D eigenvalue weighted by Gasteiger charge is 2.27. The fraction of sp³-hybridized carbons (Fsp3) is 0.870. The number of unbranched alkanes of at least 4 members (excludes halogenated alkanes) is 11. The van der Waals surface area contributed by atoms with Crippen molar-refractivity contribution in [2.24, 2.45) is 0 Å². The topological polar surface area (TPSA) is 40.5 Å². The molecule has 0 aliphatic carbocycles. The zero-order valence-corrected chi connectivity index (χ0v) is 17.3. The third kappa shape index (κ3) is 11.0. The van der Waals surface area contributed by atoms with Gasteiger partial charge in [-0.3, -0.25) is 4.79 Å². The van der Waals surface area contributed by atoms with Crippen LogP contribution in [0.1, 0.15) is 110 Å². The molecule has 0 aromatic heterocycles. The first-order valence-corrected chi connectivity index (χ1v) is 11.3. The number of rotatable bonds is 16. The summed E-state index contributed by atoms with van der Waals surface area (Å²) in [5, 5.41) is 9.29. The summed E-state index contributed by atoms with van der Waals surface area (Å²) in [6.07, 6.45) is 24.1. The Labute approximate surface area is 162 Å². The van der Waals surface area contributed by atoms with Crippen LogP contribution in [-0.4, -0.2) is 35.1 Å². The number of allylic oxidation sites excluding steroid dienone is 2. The van der Waals surface area contributed by atoms with E-state index >= 15 is 0 Å². The summed E-state index contributed by atoms with van der Waals surface area (Å²) < 4.78 is 0. The van der Waals surface area contributed by atoms with Gasteiger partial charge in [-0.15, -0.1) is 0 Å². The highest BCUT2D eigenvalue weighted by atomic mass is 16.3. The first-order chi connectivity index (χ1) is 12.8. The van der Waals surface area contributed by atoms with E-state index in [2.05, 4.69) is 19.1 Å². The highest BCUT2D eigenvalue weighted by molar-refractivity contribution is 5.76. The molecule has 0 aromatic carbocycles. The Balaban J connectivity index is 1.84. The lowest BCUT2D eigenvalue weighted by molar-refractivity contribution is -0.132. The Kier molecular flexibility index (Phi) is 14.6. The lowest BCUT2D eigenvalue weighted by Gasteiger charge is -2.22. The maximum absolute atomic E-state index is 12.2. The number of aliphatic hydroxyl groups excluding tert-OH is 1. The summed E-state index contributed by atoms with van der Waals surface area (Å²) in [5.74, 6) is 0.249. The number of hydrogen-bond acceptors (Lipinski definition) is 2. The van der Waals surface area contributed by atoms with E-state index in [9.17, 15) is 9.90 Å². The second kappa shape index (κ2) is 16.4. The van der Waals surface area contributed by atoms with Gasteiger partial charge in [0.15, 0.2) is 0 Å². The molecule has 0 unspecified atom stereocenters. The maximum atomic E-state index is 12.2. The average molecular weight is 366 g/mol. The zero-order chi connectivity index (χ0) is 18.9. The number of amides is 1. The summed E-state index contributed by atoms with van der Waals surface area (Å²) in [6, 6.07) is 0.0885. The molecule has 1 aliphatic heterocycles. The van der Waals surface area contributed by atoms with Gasteiger partial charge in [0.2, 0.25) is 5.91 Å². The molecule has 1 heterocycles. The molecule has 1 saturated heterocycles. The van der Waals surface area contributed by atoms with Crippen LogP contribution in [0.4, 0.5) is 0 Å². The summed E-state index contributed by atoms with van der Waals surface area (Å²) in [7, 11) is 0. The van der Waals surface area contributed by atoms with Crippen LogP contribution in [0.3, 0.4) is 0 Å². The third-order valence-electron chi connectivity index (χ3n) is 5.56. The first kappa shape index (κ1) is 23.2. The van der Waals surface area contributed by atoms with Gasteiger partial charge in [0.05, 0.1) is 12.6 Å². The molecular weight excluding hydrogens is 322 g/mol. The van der Waals surface area contributed by atoms with Crippen molar-refractivity contribution in [2.45, 2.75) is 116 Å². The lowest BCUT2D eigenvalue weighted by Crippen LogP contribution is -2.37. The van der Waals surface area contributed by atoms with Crippen LogP contribution in [-0.2, 0) is 4.79 Å². The third-order valence-corrected chi connectivity index (χ3v) is 5.56. The maximum Gasteiger partial charge on any atom is 0.222 e. The smallest absolute Gasteiger partial charge is 0.222 e. The van der Waals surface area contributed by atoms with Crippen LogP contribution < -0.4 is 0 Å². The number of aliphatic hydroxyl groups is 1. The van der Waals surface area contributed by atoms with Crippen LogP contribution >= 0.6 is 0 Å². The van der Waals surface area contributed by atoms with Gasteiger partial charge in [-0.1, -0.05) is 70.4 Å². The Morgan fingerprint density at radius 1 is 0.923 bits per heavy atom. The van der Waals surface area contributed by atoms with Crippen molar-refractivity contribution >= 4 is 5.91 Å². The van der Waals surface area contributed by atoms with Crippen molar-refractivity contribution in [3.63, 3.8) is 0 Å². The number of carbonyl (C=O) groups excluding carboxylic acids is 1. The molecule has 26 heavy (non-hydrogen) atoms. The van der Waals surface area contributed by atoms with Crippen molar-refractivity contribution in [3.05, 3.63) is 12.2 Å². The van der Waals surface area contributed by atoms with E-state index in [4.69, 9.17) is 0 Å². The van der Waals surface area contributed by atoms with E-state index in [-0.39, 0.29) is 18.6 Å². The standard InChI is InChI=1S/C23H43NO2/c1-2-3-4-5-6-7-8-9-10-11-12-13-14-15-16-19-23(26)24-20-17-18-22(24)21-25/h9-10,22,25H,2-8,11-21H2,1H3/t22-/m1/s1. The Morgan fingerprint density at radius 2 is 1.50 bits per heavy atom. The molecule has 152 valence electrons. The number of nitrogens with zero attached hydrogens (tertiary/aromatic N) is 1. The molecule has 0 bridgehead atoms. The summed E-state index contributed by atoms with van der Waals surface area (Å²) in [5.41, 5.74) is 0. The van der Waals surface area contributed by atoms with E-state index in [1.807, 2.05) is 4.90 Å². The van der Waals surface area contributed by atoms with Crippen LogP contribution in [0.5, 0.6) is 0 Å². The highest BCUT2D eigenvalue weighted by Crippen LogP contribution is 2.19.